The van der Waals surface area contributed by atoms with E-state index >= 15 is 0 Å². The highest BCUT2D eigenvalue weighted by Crippen LogP contribution is 2.27. The van der Waals surface area contributed by atoms with Gasteiger partial charge in [0.25, 0.3) is 5.91 Å². The molecule has 4 rings (SSSR count). The van der Waals surface area contributed by atoms with Gasteiger partial charge in [0.05, 0.1) is 5.69 Å². The standard InChI is InChI=1S/C18H23N7O2/c1-3-14-10-15(27-22-14)18(26)24-8-4-6-13(11-24)17-21-20-16(23(17)2)12-25-9-5-7-19-25/h5,7,9-10,13H,3-4,6,8,11-12H2,1-2H3. The van der Waals surface area contributed by atoms with Gasteiger partial charge < -0.3 is 14.0 Å². The Morgan fingerprint density at radius 2 is 2.26 bits per heavy atom. The van der Waals surface area contributed by atoms with Crippen LogP contribution in [-0.4, -0.2) is 53.6 Å². The molecule has 142 valence electrons. The molecule has 1 atom stereocenters. The van der Waals surface area contributed by atoms with Gasteiger partial charge in [-0.3, -0.25) is 9.48 Å². The van der Waals surface area contributed by atoms with E-state index in [9.17, 15) is 4.79 Å². The summed E-state index contributed by atoms with van der Waals surface area (Å²) >= 11 is 0. The highest BCUT2D eigenvalue weighted by molar-refractivity contribution is 5.91. The van der Waals surface area contributed by atoms with Gasteiger partial charge in [-0.05, 0) is 25.3 Å². The summed E-state index contributed by atoms with van der Waals surface area (Å²) in [7, 11) is 1.97. The van der Waals surface area contributed by atoms with Gasteiger partial charge in [0.2, 0.25) is 5.76 Å². The lowest BCUT2D eigenvalue weighted by Crippen LogP contribution is -2.39. The summed E-state index contributed by atoms with van der Waals surface area (Å²) in [6.07, 6.45) is 6.30. The Kier molecular flexibility index (Phi) is 4.74. The van der Waals surface area contributed by atoms with Gasteiger partial charge in [-0.1, -0.05) is 12.1 Å². The fourth-order valence-corrected chi connectivity index (χ4v) is 3.51. The van der Waals surface area contributed by atoms with E-state index in [0.29, 0.717) is 18.8 Å². The highest BCUT2D eigenvalue weighted by Gasteiger charge is 2.30. The summed E-state index contributed by atoms with van der Waals surface area (Å²) in [6, 6.07) is 3.62. The molecule has 1 unspecified atom stereocenters. The van der Waals surface area contributed by atoms with Crippen LogP contribution in [0.15, 0.2) is 29.0 Å². The van der Waals surface area contributed by atoms with Crippen molar-refractivity contribution in [2.45, 2.75) is 38.6 Å². The summed E-state index contributed by atoms with van der Waals surface area (Å²) in [5, 5.41) is 16.9. The number of piperidine rings is 1. The summed E-state index contributed by atoms with van der Waals surface area (Å²) in [4.78, 5) is 14.6. The van der Waals surface area contributed by atoms with Gasteiger partial charge in [0.1, 0.15) is 12.4 Å². The second kappa shape index (κ2) is 7.34. The molecule has 27 heavy (non-hydrogen) atoms. The summed E-state index contributed by atoms with van der Waals surface area (Å²) < 4.78 is 9.05. The van der Waals surface area contributed by atoms with Crippen LogP contribution >= 0.6 is 0 Å². The van der Waals surface area contributed by atoms with Crippen LogP contribution in [0.5, 0.6) is 0 Å². The molecule has 4 heterocycles. The van der Waals surface area contributed by atoms with Crippen molar-refractivity contribution in [3.8, 4) is 0 Å². The number of nitrogens with zero attached hydrogens (tertiary/aromatic N) is 7. The maximum atomic E-state index is 12.7. The van der Waals surface area contributed by atoms with Gasteiger partial charge in [0.15, 0.2) is 5.82 Å². The fourth-order valence-electron chi connectivity index (χ4n) is 3.51. The predicted molar refractivity (Wildman–Crippen MR) is 96.1 cm³/mol. The first-order valence-corrected chi connectivity index (χ1v) is 9.26. The molecule has 0 bridgehead atoms. The Balaban J connectivity index is 1.48. The molecule has 9 heteroatoms. The molecule has 1 fully saturated rings. The Morgan fingerprint density at radius 3 is 3.00 bits per heavy atom. The average molecular weight is 369 g/mol. The van der Waals surface area contributed by atoms with Crippen LogP contribution in [0.3, 0.4) is 0 Å². The van der Waals surface area contributed by atoms with E-state index in [-0.39, 0.29) is 11.8 Å². The van der Waals surface area contributed by atoms with E-state index in [1.165, 1.54) is 0 Å². The second-order valence-corrected chi connectivity index (χ2v) is 6.86. The zero-order chi connectivity index (χ0) is 18.8. The number of aryl methyl sites for hydroxylation is 1. The topological polar surface area (TPSA) is 94.9 Å². The molecular weight excluding hydrogens is 346 g/mol. The van der Waals surface area contributed by atoms with Gasteiger partial charge in [-0.2, -0.15) is 5.10 Å². The zero-order valence-electron chi connectivity index (χ0n) is 15.6. The minimum atomic E-state index is -0.106. The predicted octanol–water partition coefficient (Wildman–Crippen LogP) is 1.63. The zero-order valence-corrected chi connectivity index (χ0v) is 15.6. The van der Waals surface area contributed by atoms with Crippen molar-refractivity contribution in [1.29, 1.82) is 0 Å². The van der Waals surface area contributed by atoms with E-state index in [4.69, 9.17) is 4.52 Å². The third kappa shape index (κ3) is 3.49. The molecule has 0 N–H and O–H groups in total. The van der Waals surface area contributed by atoms with Gasteiger partial charge in [-0.25, -0.2) is 0 Å². The molecule has 3 aromatic rings. The summed E-state index contributed by atoms with van der Waals surface area (Å²) in [5.41, 5.74) is 0.795. The first kappa shape index (κ1) is 17.4. The van der Waals surface area contributed by atoms with Crippen LogP contribution < -0.4 is 0 Å². The first-order chi connectivity index (χ1) is 13.2. The number of carbonyl (C=O) groups excluding carboxylic acids is 1. The van der Waals surface area contributed by atoms with E-state index in [1.807, 2.05) is 40.4 Å². The van der Waals surface area contributed by atoms with Crippen molar-refractivity contribution in [3.63, 3.8) is 0 Å². The third-order valence-corrected chi connectivity index (χ3v) is 5.07. The van der Waals surface area contributed by atoms with Crippen LogP contribution in [0.1, 0.15) is 53.6 Å². The molecule has 3 aromatic heterocycles. The maximum absolute atomic E-state index is 12.7. The largest absolute Gasteiger partial charge is 0.351 e. The Morgan fingerprint density at radius 1 is 1.37 bits per heavy atom. The Hall–Kier alpha value is -2.97. The first-order valence-electron chi connectivity index (χ1n) is 9.26. The number of hydrogen-bond donors (Lipinski definition) is 0. The lowest BCUT2D eigenvalue weighted by Gasteiger charge is -2.31. The number of aromatic nitrogens is 6. The number of amides is 1. The number of likely N-dealkylation sites (tertiary alicyclic amines) is 1. The van der Waals surface area contributed by atoms with E-state index in [0.717, 1.165) is 43.1 Å². The van der Waals surface area contributed by atoms with Crippen LogP contribution in [0.25, 0.3) is 0 Å². The normalized spacial score (nSPS) is 17.4. The van der Waals surface area contributed by atoms with E-state index in [2.05, 4.69) is 20.5 Å². The minimum absolute atomic E-state index is 0.106. The Bertz CT molecular complexity index is 912. The molecule has 0 spiro atoms. The van der Waals surface area contributed by atoms with Crippen LogP contribution in [0.4, 0.5) is 0 Å². The molecule has 9 nitrogen and oxygen atoms in total. The van der Waals surface area contributed by atoms with Crippen LogP contribution in [0, 0.1) is 0 Å². The summed E-state index contributed by atoms with van der Waals surface area (Å²) in [6.45, 7) is 3.88. The minimum Gasteiger partial charge on any atom is -0.351 e. The molecule has 1 aliphatic rings. The SMILES string of the molecule is CCc1cc(C(=O)N2CCCC(c3nnc(Cn4cccn4)n3C)C2)on1. The monoisotopic (exact) mass is 369 g/mol. The Labute approximate surface area is 157 Å². The molecule has 1 aliphatic heterocycles. The van der Waals surface area contributed by atoms with Gasteiger partial charge in [0, 0.05) is 44.5 Å². The van der Waals surface area contributed by atoms with Crippen LogP contribution in [-0.2, 0) is 20.0 Å². The van der Waals surface area contributed by atoms with Crippen molar-refractivity contribution in [1.82, 2.24) is 34.6 Å². The van der Waals surface area contributed by atoms with Crippen molar-refractivity contribution in [2.75, 3.05) is 13.1 Å². The van der Waals surface area contributed by atoms with Crippen molar-refractivity contribution >= 4 is 5.91 Å². The molecular formula is C18H23N7O2. The molecule has 1 amide bonds. The molecule has 0 aromatic carbocycles. The van der Waals surface area contributed by atoms with Gasteiger partial charge >= 0.3 is 0 Å². The van der Waals surface area contributed by atoms with E-state index in [1.54, 1.807) is 12.3 Å². The highest BCUT2D eigenvalue weighted by atomic mass is 16.5. The molecule has 1 saturated heterocycles. The summed E-state index contributed by atoms with van der Waals surface area (Å²) in [5.74, 6) is 2.11. The van der Waals surface area contributed by atoms with Crippen molar-refractivity contribution < 1.29 is 9.32 Å². The van der Waals surface area contributed by atoms with Crippen LogP contribution in [0.2, 0.25) is 0 Å². The quantitative estimate of drug-likeness (QED) is 0.678. The number of hydrogen-bond acceptors (Lipinski definition) is 6. The maximum Gasteiger partial charge on any atom is 0.292 e. The third-order valence-electron chi connectivity index (χ3n) is 5.07. The lowest BCUT2D eigenvalue weighted by atomic mass is 9.97. The lowest BCUT2D eigenvalue weighted by molar-refractivity contribution is 0.0661. The van der Waals surface area contributed by atoms with Crippen molar-refractivity contribution in [2.24, 2.45) is 7.05 Å². The smallest absolute Gasteiger partial charge is 0.292 e. The molecule has 0 saturated carbocycles. The van der Waals surface area contributed by atoms with E-state index < -0.39 is 0 Å². The number of rotatable bonds is 5. The number of carbonyl (C=O) groups is 1. The second-order valence-electron chi connectivity index (χ2n) is 6.86. The van der Waals surface area contributed by atoms with Gasteiger partial charge in [-0.15, -0.1) is 10.2 Å². The fraction of sp³-hybridized carbons (Fsp3) is 0.500. The molecule has 0 radical (unpaired) electrons. The molecule has 0 aliphatic carbocycles. The average Bonchev–Trinajstić information content (AvgIpc) is 3.44. The van der Waals surface area contributed by atoms with Crippen molar-refractivity contribution in [3.05, 3.63) is 47.6 Å².